The van der Waals surface area contributed by atoms with Crippen LogP contribution in [0.1, 0.15) is 37.4 Å². The zero-order chi connectivity index (χ0) is 18.5. The molecule has 0 radical (unpaired) electrons. The first-order chi connectivity index (χ1) is 12.4. The molecule has 2 aliphatic rings. The first-order valence-electron chi connectivity index (χ1n) is 8.85. The van der Waals surface area contributed by atoms with Gasteiger partial charge >= 0.3 is 0 Å². The maximum Gasteiger partial charge on any atom is 0.254 e. The van der Waals surface area contributed by atoms with Crippen LogP contribution in [0.25, 0.3) is 0 Å². The molecular formula is C21H22N2O3. The van der Waals surface area contributed by atoms with Gasteiger partial charge in [-0.3, -0.25) is 9.59 Å². The second-order valence-electron chi connectivity index (χ2n) is 7.59. The Labute approximate surface area is 152 Å². The molecule has 2 aromatic carbocycles. The summed E-state index contributed by atoms with van der Waals surface area (Å²) in [5.74, 6) is -0.445. The summed E-state index contributed by atoms with van der Waals surface area (Å²) in [7, 11) is 0. The lowest BCUT2D eigenvalue weighted by molar-refractivity contribution is -0.149. The van der Waals surface area contributed by atoms with E-state index in [1.165, 1.54) is 13.8 Å². The lowest BCUT2D eigenvalue weighted by Crippen LogP contribution is -2.48. The first kappa shape index (κ1) is 16.8. The van der Waals surface area contributed by atoms with Crippen molar-refractivity contribution < 1.29 is 14.7 Å². The summed E-state index contributed by atoms with van der Waals surface area (Å²) in [6.07, 6.45) is 0.525. The molecule has 2 aliphatic heterocycles. The minimum Gasteiger partial charge on any atom is -0.381 e. The van der Waals surface area contributed by atoms with E-state index in [1.54, 1.807) is 4.90 Å². The van der Waals surface area contributed by atoms with Crippen LogP contribution in [0.4, 0.5) is 5.69 Å². The van der Waals surface area contributed by atoms with Gasteiger partial charge in [0.25, 0.3) is 5.91 Å². The normalized spacial score (nSPS) is 24.7. The summed E-state index contributed by atoms with van der Waals surface area (Å²) in [4.78, 5) is 27.8. The zero-order valence-corrected chi connectivity index (χ0v) is 14.9. The lowest BCUT2D eigenvalue weighted by Gasteiger charge is -2.36. The van der Waals surface area contributed by atoms with Gasteiger partial charge < -0.3 is 15.3 Å². The highest BCUT2D eigenvalue weighted by Crippen LogP contribution is 2.54. The molecule has 1 spiro atoms. The van der Waals surface area contributed by atoms with Gasteiger partial charge in [-0.25, -0.2) is 0 Å². The molecule has 2 unspecified atom stereocenters. The van der Waals surface area contributed by atoms with Crippen molar-refractivity contribution in [1.29, 1.82) is 0 Å². The number of carbonyl (C=O) groups excluding carboxylic acids is 2. The van der Waals surface area contributed by atoms with Crippen molar-refractivity contribution in [2.24, 2.45) is 0 Å². The fourth-order valence-electron chi connectivity index (χ4n) is 4.36. The molecule has 26 heavy (non-hydrogen) atoms. The Morgan fingerprint density at radius 2 is 1.81 bits per heavy atom. The molecule has 0 saturated carbocycles. The van der Waals surface area contributed by atoms with Crippen LogP contribution in [0, 0.1) is 0 Å². The highest BCUT2D eigenvalue weighted by Gasteiger charge is 2.60. The smallest absolute Gasteiger partial charge is 0.254 e. The van der Waals surface area contributed by atoms with E-state index in [0.29, 0.717) is 13.0 Å². The second kappa shape index (κ2) is 5.68. The molecule has 5 heteroatoms. The van der Waals surface area contributed by atoms with Crippen molar-refractivity contribution in [3.63, 3.8) is 0 Å². The van der Waals surface area contributed by atoms with E-state index >= 15 is 0 Å². The van der Waals surface area contributed by atoms with E-state index in [4.69, 9.17) is 0 Å². The van der Waals surface area contributed by atoms with Crippen LogP contribution < -0.4 is 5.32 Å². The minimum atomic E-state index is -1.49. The Hall–Kier alpha value is -2.66. The highest BCUT2D eigenvalue weighted by atomic mass is 16.3. The fraction of sp³-hybridized carbons (Fsp3) is 0.333. The molecular weight excluding hydrogens is 328 g/mol. The van der Waals surface area contributed by atoms with Crippen molar-refractivity contribution in [3.05, 3.63) is 65.7 Å². The van der Waals surface area contributed by atoms with Gasteiger partial charge in [0, 0.05) is 12.2 Å². The number of benzene rings is 2. The van der Waals surface area contributed by atoms with Crippen LogP contribution in [-0.2, 0) is 15.0 Å². The van der Waals surface area contributed by atoms with Gasteiger partial charge in [0.05, 0.1) is 6.04 Å². The van der Waals surface area contributed by atoms with Gasteiger partial charge in [-0.1, -0.05) is 48.5 Å². The Morgan fingerprint density at radius 3 is 2.50 bits per heavy atom. The van der Waals surface area contributed by atoms with Crippen LogP contribution in [0.5, 0.6) is 0 Å². The predicted molar refractivity (Wildman–Crippen MR) is 98.6 cm³/mol. The number of nitrogens with one attached hydrogen (secondary N) is 1. The quantitative estimate of drug-likeness (QED) is 0.875. The van der Waals surface area contributed by atoms with E-state index in [1.807, 2.05) is 54.6 Å². The molecule has 2 aromatic rings. The number of carbonyl (C=O) groups is 2. The van der Waals surface area contributed by atoms with E-state index in [0.717, 1.165) is 16.8 Å². The molecule has 2 N–H and O–H groups in total. The number of anilines is 1. The molecule has 0 aromatic heterocycles. The summed E-state index contributed by atoms with van der Waals surface area (Å²) in [5, 5.41) is 13.3. The van der Waals surface area contributed by atoms with Crippen LogP contribution in [0.15, 0.2) is 54.6 Å². The van der Waals surface area contributed by atoms with Gasteiger partial charge in [-0.05, 0) is 37.5 Å². The summed E-state index contributed by atoms with van der Waals surface area (Å²) >= 11 is 0. The van der Waals surface area contributed by atoms with Crippen molar-refractivity contribution in [3.8, 4) is 0 Å². The highest BCUT2D eigenvalue weighted by molar-refractivity contribution is 6.08. The van der Waals surface area contributed by atoms with Crippen LogP contribution in [0.3, 0.4) is 0 Å². The van der Waals surface area contributed by atoms with Gasteiger partial charge in [-0.15, -0.1) is 0 Å². The van der Waals surface area contributed by atoms with Crippen LogP contribution in [0.2, 0.25) is 0 Å². The Kier molecular flexibility index (Phi) is 3.66. The Balaban J connectivity index is 1.91. The predicted octanol–water partition coefficient (Wildman–Crippen LogP) is 2.62. The maximum atomic E-state index is 13.1. The molecule has 2 amide bonds. The zero-order valence-electron chi connectivity index (χ0n) is 14.9. The fourth-order valence-corrected chi connectivity index (χ4v) is 4.36. The molecule has 134 valence electrons. The number of nitrogens with zero attached hydrogens (tertiary/aromatic N) is 1. The van der Waals surface area contributed by atoms with Gasteiger partial charge in [0.15, 0.2) is 0 Å². The largest absolute Gasteiger partial charge is 0.381 e. The number of amides is 2. The van der Waals surface area contributed by atoms with Crippen LogP contribution >= 0.6 is 0 Å². The molecule has 4 rings (SSSR count). The molecule has 0 bridgehead atoms. The topological polar surface area (TPSA) is 69.6 Å². The van der Waals surface area contributed by atoms with E-state index < -0.39 is 17.1 Å². The Bertz CT molecular complexity index is 872. The Morgan fingerprint density at radius 1 is 1.15 bits per heavy atom. The number of hydrogen-bond acceptors (Lipinski definition) is 3. The van der Waals surface area contributed by atoms with E-state index in [9.17, 15) is 14.7 Å². The first-order valence-corrected chi connectivity index (χ1v) is 8.85. The summed E-state index contributed by atoms with van der Waals surface area (Å²) < 4.78 is 0. The monoisotopic (exact) mass is 350 g/mol. The van der Waals surface area contributed by atoms with Crippen LogP contribution in [-0.4, -0.2) is 34.0 Å². The number of fused-ring (bicyclic) bond motifs is 2. The third kappa shape index (κ3) is 2.27. The van der Waals surface area contributed by atoms with Crippen molar-refractivity contribution in [2.75, 3.05) is 11.9 Å². The average molecular weight is 350 g/mol. The summed E-state index contributed by atoms with van der Waals surface area (Å²) in [6.45, 7) is 3.40. The number of likely N-dealkylation sites (tertiary alicyclic amines) is 1. The third-order valence-electron chi connectivity index (χ3n) is 5.49. The van der Waals surface area contributed by atoms with E-state index in [2.05, 4.69) is 5.32 Å². The van der Waals surface area contributed by atoms with E-state index in [-0.39, 0.29) is 11.8 Å². The van der Waals surface area contributed by atoms with Gasteiger partial charge in [-0.2, -0.15) is 0 Å². The molecule has 0 aliphatic carbocycles. The molecule has 5 nitrogen and oxygen atoms in total. The second-order valence-corrected chi connectivity index (χ2v) is 7.59. The number of hydrogen-bond donors (Lipinski definition) is 2. The minimum absolute atomic E-state index is 0.0846. The molecule has 2 heterocycles. The van der Waals surface area contributed by atoms with Gasteiger partial charge in [0.2, 0.25) is 5.91 Å². The third-order valence-corrected chi connectivity index (χ3v) is 5.49. The average Bonchev–Trinajstić information content (AvgIpc) is 3.14. The standard InChI is InChI=1S/C21H22N2O3/c1-20(2,26)19(25)23-13-12-21(17(23)14-8-4-3-5-9-14)15-10-6-7-11-16(15)22-18(21)24/h3-11,17,26H,12-13H2,1-2H3,(H,22,24). The number of para-hydroxylation sites is 1. The van der Waals surface area contributed by atoms with Gasteiger partial charge in [0.1, 0.15) is 11.0 Å². The summed E-state index contributed by atoms with van der Waals surface area (Å²) in [5.41, 5.74) is 0.293. The molecule has 1 fully saturated rings. The number of aliphatic hydroxyl groups is 1. The molecule has 1 saturated heterocycles. The van der Waals surface area contributed by atoms with Crippen molar-refractivity contribution in [1.82, 2.24) is 4.90 Å². The number of rotatable bonds is 2. The lowest BCUT2D eigenvalue weighted by atomic mass is 9.72. The van der Waals surface area contributed by atoms with Crippen molar-refractivity contribution in [2.45, 2.75) is 37.3 Å². The summed E-state index contributed by atoms with van der Waals surface area (Å²) in [6, 6.07) is 16.8. The molecule has 2 atom stereocenters. The SMILES string of the molecule is CC(C)(O)C(=O)N1CCC2(C(=O)Nc3ccccc32)C1c1ccccc1. The van der Waals surface area contributed by atoms with Crippen molar-refractivity contribution >= 4 is 17.5 Å². The maximum absolute atomic E-state index is 13.1.